The summed E-state index contributed by atoms with van der Waals surface area (Å²) in [6.45, 7) is 1.93. The summed E-state index contributed by atoms with van der Waals surface area (Å²) in [6.07, 6.45) is 2.42. The van der Waals surface area contributed by atoms with Gasteiger partial charge in [0.2, 0.25) is 11.9 Å². The van der Waals surface area contributed by atoms with Gasteiger partial charge in [-0.05, 0) is 29.8 Å². The first-order valence-electron chi connectivity index (χ1n) is 11.5. The van der Waals surface area contributed by atoms with Gasteiger partial charge in [0.1, 0.15) is 18.1 Å². The summed E-state index contributed by atoms with van der Waals surface area (Å²) in [5, 5.41) is 12.6. The third kappa shape index (κ3) is 6.51. The number of aromatic nitrogens is 3. The fourth-order valence-corrected chi connectivity index (χ4v) is 3.65. The lowest BCUT2D eigenvalue weighted by atomic mass is 10.1. The molecule has 194 valence electrons. The van der Waals surface area contributed by atoms with Crippen molar-refractivity contribution in [3.63, 3.8) is 0 Å². The molecule has 3 aromatic rings. The molecular formula is C24H27N7O6. The molecule has 0 spiro atoms. The Balaban J connectivity index is 1.36. The van der Waals surface area contributed by atoms with E-state index < -0.39 is 18.1 Å². The molecule has 1 aliphatic rings. The summed E-state index contributed by atoms with van der Waals surface area (Å²) in [4.78, 5) is 53.6. The molecule has 0 saturated carbocycles. The van der Waals surface area contributed by atoms with E-state index in [9.17, 15) is 19.5 Å². The molecule has 1 atom stereocenters. The molecule has 13 heteroatoms. The monoisotopic (exact) mass is 509 g/mol. The zero-order chi connectivity index (χ0) is 26.4. The number of carboxylic acids is 1. The highest BCUT2D eigenvalue weighted by Crippen LogP contribution is 2.17. The van der Waals surface area contributed by atoms with Gasteiger partial charge in [-0.2, -0.15) is 4.98 Å². The van der Waals surface area contributed by atoms with E-state index in [1.807, 2.05) is 4.90 Å². The minimum atomic E-state index is -1.07. The molecular weight excluding hydrogens is 482 g/mol. The summed E-state index contributed by atoms with van der Waals surface area (Å²) in [5.41, 5.74) is 0.719. The molecule has 2 amide bonds. The van der Waals surface area contributed by atoms with E-state index in [2.05, 4.69) is 20.3 Å². The van der Waals surface area contributed by atoms with E-state index in [0.717, 1.165) is 5.56 Å². The largest absolute Gasteiger partial charge is 0.480 e. The Hall–Kier alpha value is -4.68. The molecule has 13 nitrogen and oxygen atoms in total. The van der Waals surface area contributed by atoms with Crippen LogP contribution in [0.15, 0.2) is 53.4 Å². The van der Waals surface area contributed by atoms with E-state index in [-0.39, 0.29) is 18.3 Å². The van der Waals surface area contributed by atoms with Gasteiger partial charge in [-0.3, -0.25) is 4.79 Å². The highest BCUT2D eigenvalue weighted by atomic mass is 16.6. The van der Waals surface area contributed by atoms with Gasteiger partial charge >= 0.3 is 12.1 Å². The van der Waals surface area contributed by atoms with Crippen LogP contribution in [0.3, 0.4) is 0 Å². The highest BCUT2D eigenvalue weighted by molar-refractivity contribution is 5.91. The number of carboxylic acid groups (broad SMARTS) is 1. The molecule has 1 aliphatic heterocycles. The van der Waals surface area contributed by atoms with Gasteiger partial charge in [0, 0.05) is 46.7 Å². The number of hydrogen-bond acceptors (Lipinski definition) is 10. The van der Waals surface area contributed by atoms with Crippen molar-refractivity contribution in [1.29, 1.82) is 0 Å². The quantitative estimate of drug-likeness (QED) is 0.455. The molecule has 0 radical (unpaired) electrons. The molecule has 1 fully saturated rings. The van der Waals surface area contributed by atoms with E-state index in [0.29, 0.717) is 43.6 Å². The zero-order valence-corrected chi connectivity index (χ0v) is 20.4. The van der Waals surface area contributed by atoms with Crippen LogP contribution < -0.4 is 15.0 Å². The lowest BCUT2D eigenvalue weighted by molar-refractivity contribution is -0.137. The smallest absolute Gasteiger partial charge is 0.414 e. The normalized spacial score (nSPS) is 14.1. The number of nitrogens with zero attached hydrogens (tertiary/aromatic N) is 6. The van der Waals surface area contributed by atoms with Gasteiger partial charge in [-0.1, -0.05) is 12.1 Å². The summed E-state index contributed by atoms with van der Waals surface area (Å²) in [6, 6.07) is 8.89. The second-order valence-electron chi connectivity index (χ2n) is 8.51. The molecule has 0 bridgehead atoms. The van der Waals surface area contributed by atoms with Gasteiger partial charge in [-0.15, -0.1) is 0 Å². The average molecular weight is 510 g/mol. The van der Waals surface area contributed by atoms with Crippen LogP contribution in [0.25, 0.3) is 0 Å². The number of carbonyl (C=O) groups is 3. The summed E-state index contributed by atoms with van der Waals surface area (Å²) in [5.74, 6) is -0.0767. The van der Waals surface area contributed by atoms with E-state index >= 15 is 0 Å². The molecule has 0 aliphatic carbocycles. The Morgan fingerprint density at radius 2 is 1.84 bits per heavy atom. The summed E-state index contributed by atoms with van der Waals surface area (Å²) in [7, 11) is 3.16. The number of rotatable bonds is 8. The number of anilines is 2. The third-order valence-electron chi connectivity index (χ3n) is 5.68. The second-order valence-corrected chi connectivity index (χ2v) is 8.51. The number of carbonyl (C=O) groups excluding carboxylic acids is 2. The van der Waals surface area contributed by atoms with Crippen LogP contribution in [-0.4, -0.2) is 94.1 Å². The van der Waals surface area contributed by atoms with Crippen LogP contribution in [0.4, 0.5) is 16.7 Å². The minimum Gasteiger partial charge on any atom is -0.480 e. The lowest BCUT2D eigenvalue weighted by Crippen LogP contribution is -2.49. The Bertz CT molecular complexity index is 1220. The number of furan rings is 1. The van der Waals surface area contributed by atoms with E-state index in [4.69, 9.17) is 9.15 Å². The van der Waals surface area contributed by atoms with Gasteiger partial charge in [0.05, 0.1) is 6.26 Å². The highest BCUT2D eigenvalue weighted by Gasteiger charge is 2.26. The number of piperazine rings is 1. The van der Waals surface area contributed by atoms with Crippen molar-refractivity contribution in [2.75, 3.05) is 50.5 Å². The molecule has 2 N–H and O–H groups in total. The SMILES string of the molecule is CN(C)C(=O)Oc1ccc(C[C@H](Nc2ncnc(N3CCN(C(=O)c4ccco4)CC3)n2)C(=O)O)cc1. The number of nitrogens with one attached hydrogen (secondary N) is 1. The molecule has 1 saturated heterocycles. The van der Waals surface area contributed by atoms with Crippen LogP contribution in [0, 0.1) is 0 Å². The number of amides is 2. The second kappa shape index (κ2) is 11.4. The number of benzene rings is 1. The Morgan fingerprint density at radius 3 is 2.46 bits per heavy atom. The Morgan fingerprint density at radius 1 is 1.11 bits per heavy atom. The van der Waals surface area contributed by atoms with Gasteiger partial charge in [-0.25, -0.2) is 19.6 Å². The van der Waals surface area contributed by atoms with Crippen molar-refractivity contribution < 1.29 is 28.6 Å². The lowest BCUT2D eigenvalue weighted by Gasteiger charge is -2.34. The standard InChI is InChI=1S/C24H27N7O6/c1-29(2)24(35)37-17-7-5-16(6-8-17)14-18(21(33)34)27-22-25-15-26-23(28-22)31-11-9-30(10-12-31)20(32)19-4-3-13-36-19/h3-8,13,15,18H,9-12,14H2,1-2H3,(H,33,34)(H,25,26,27,28)/t18-/m0/s1. The summed E-state index contributed by atoms with van der Waals surface area (Å²) >= 11 is 0. The van der Waals surface area contributed by atoms with Crippen LogP contribution in [-0.2, 0) is 11.2 Å². The van der Waals surface area contributed by atoms with Crippen LogP contribution in [0.2, 0.25) is 0 Å². The maximum absolute atomic E-state index is 12.5. The first-order chi connectivity index (χ1) is 17.8. The predicted octanol–water partition coefficient (Wildman–Crippen LogP) is 1.60. The third-order valence-corrected chi connectivity index (χ3v) is 5.68. The molecule has 4 rings (SSSR count). The maximum atomic E-state index is 12.5. The van der Waals surface area contributed by atoms with Crippen LogP contribution >= 0.6 is 0 Å². The van der Waals surface area contributed by atoms with Crippen molar-refractivity contribution in [2.24, 2.45) is 0 Å². The Labute approximate surface area is 212 Å². The van der Waals surface area contributed by atoms with E-state index in [1.165, 1.54) is 17.5 Å². The van der Waals surface area contributed by atoms with Gasteiger partial charge in [0.25, 0.3) is 5.91 Å². The zero-order valence-electron chi connectivity index (χ0n) is 20.4. The Kier molecular flexibility index (Phi) is 7.81. The minimum absolute atomic E-state index is 0.128. The fraction of sp³-hybridized carbons (Fsp3) is 0.333. The average Bonchev–Trinajstić information content (AvgIpc) is 3.44. The topological polar surface area (TPSA) is 154 Å². The number of hydrogen-bond donors (Lipinski definition) is 2. The predicted molar refractivity (Wildman–Crippen MR) is 132 cm³/mol. The molecule has 37 heavy (non-hydrogen) atoms. The van der Waals surface area contributed by atoms with E-state index in [1.54, 1.807) is 55.4 Å². The number of aliphatic carboxylic acids is 1. The van der Waals surface area contributed by atoms with Crippen LogP contribution in [0.1, 0.15) is 16.1 Å². The van der Waals surface area contributed by atoms with Crippen molar-refractivity contribution in [1.82, 2.24) is 24.8 Å². The fourth-order valence-electron chi connectivity index (χ4n) is 3.65. The number of ether oxygens (including phenoxy) is 1. The first-order valence-corrected chi connectivity index (χ1v) is 11.5. The van der Waals surface area contributed by atoms with Crippen molar-refractivity contribution >= 4 is 29.9 Å². The first kappa shape index (κ1) is 25.4. The molecule has 2 aromatic heterocycles. The molecule has 0 unspecified atom stereocenters. The summed E-state index contributed by atoms with van der Waals surface area (Å²) < 4.78 is 10.4. The van der Waals surface area contributed by atoms with Crippen molar-refractivity contribution in [3.05, 3.63) is 60.3 Å². The molecule has 1 aromatic carbocycles. The van der Waals surface area contributed by atoms with Gasteiger partial charge < -0.3 is 34.3 Å². The molecule has 3 heterocycles. The van der Waals surface area contributed by atoms with Crippen molar-refractivity contribution in [2.45, 2.75) is 12.5 Å². The van der Waals surface area contributed by atoms with Crippen molar-refractivity contribution in [3.8, 4) is 5.75 Å². The maximum Gasteiger partial charge on any atom is 0.414 e. The van der Waals surface area contributed by atoms with Crippen LogP contribution in [0.5, 0.6) is 5.75 Å². The van der Waals surface area contributed by atoms with Gasteiger partial charge in [0.15, 0.2) is 5.76 Å².